The van der Waals surface area contributed by atoms with Gasteiger partial charge in [-0.05, 0) is 25.6 Å². The largest absolute Gasteiger partial charge is 0.384 e. The molecule has 1 aliphatic rings. The van der Waals surface area contributed by atoms with Crippen LogP contribution in [0.3, 0.4) is 0 Å². The van der Waals surface area contributed by atoms with Crippen molar-refractivity contribution in [2.45, 2.75) is 29.8 Å². The van der Waals surface area contributed by atoms with Gasteiger partial charge in [0.2, 0.25) is 10.0 Å². The molecule has 33 heavy (non-hydrogen) atoms. The third-order valence-electron chi connectivity index (χ3n) is 5.47. The SMILES string of the molecule is CCCn1c(N)c(C(=O)CSc2ccc(S(=O)(=O)N3CCN(C)CC3)cn2)c(=O)n(C)c1=O. The number of likely N-dealkylation sites (N-methyl/N-ethyl adjacent to an activating group) is 1. The molecule has 2 aromatic rings. The second-order valence-electron chi connectivity index (χ2n) is 7.81. The first-order valence-electron chi connectivity index (χ1n) is 10.5. The van der Waals surface area contributed by atoms with Crippen molar-refractivity contribution in [1.82, 2.24) is 23.3 Å². The number of aromatic nitrogens is 3. The van der Waals surface area contributed by atoms with E-state index in [1.54, 1.807) is 0 Å². The summed E-state index contributed by atoms with van der Waals surface area (Å²) in [4.78, 5) is 43.9. The lowest BCUT2D eigenvalue weighted by atomic mass is 10.2. The Balaban J connectivity index is 1.74. The lowest BCUT2D eigenvalue weighted by Gasteiger charge is -2.31. The number of Topliss-reactive ketones (excluding diaryl/α,β-unsaturated/α-hetero) is 1. The maximum atomic E-state index is 12.8. The van der Waals surface area contributed by atoms with Crippen molar-refractivity contribution in [3.63, 3.8) is 0 Å². The van der Waals surface area contributed by atoms with Gasteiger partial charge in [-0.3, -0.25) is 18.7 Å². The third kappa shape index (κ3) is 5.21. The van der Waals surface area contributed by atoms with Gasteiger partial charge in [0.05, 0.1) is 10.8 Å². The minimum atomic E-state index is -3.63. The average Bonchev–Trinajstić information content (AvgIpc) is 2.80. The Morgan fingerprint density at radius 2 is 1.82 bits per heavy atom. The Morgan fingerprint density at radius 3 is 2.39 bits per heavy atom. The van der Waals surface area contributed by atoms with Gasteiger partial charge in [-0.2, -0.15) is 4.31 Å². The molecule has 0 atom stereocenters. The van der Waals surface area contributed by atoms with Crippen LogP contribution < -0.4 is 17.0 Å². The van der Waals surface area contributed by atoms with E-state index in [2.05, 4.69) is 9.88 Å². The van der Waals surface area contributed by atoms with E-state index in [9.17, 15) is 22.8 Å². The normalized spacial score (nSPS) is 15.6. The van der Waals surface area contributed by atoms with Crippen LogP contribution in [-0.2, 0) is 23.6 Å². The highest BCUT2D eigenvalue weighted by Gasteiger charge is 2.28. The Labute approximate surface area is 196 Å². The molecule has 0 radical (unpaired) electrons. The zero-order valence-electron chi connectivity index (χ0n) is 18.9. The molecule has 0 saturated carbocycles. The number of nitrogens with zero attached hydrogens (tertiary/aromatic N) is 5. The number of carbonyl (C=O) groups is 1. The quantitative estimate of drug-likeness (QED) is 0.390. The van der Waals surface area contributed by atoms with E-state index in [4.69, 9.17) is 5.73 Å². The highest BCUT2D eigenvalue weighted by molar-refractivity contribution is 7.99. The molecule has 0 amide bonds. The molecule has 2 N–H and O–H groups in total. The van der Waals surface area contributed by atoms with Crippen molar-refractivity contribution in [3.05, 3.63) is 44.7 Å². The van der Waals surface area contributed by atoms with Gasteiger partial charge in [0, 0.05) is 46.0 Å². The first kappa shape index (κ1) is 25.1. The van der Waals surface area contributed by atoms with Crippen LogP contribution in [0.1, 0.15) is 23.7 Å². The van der Waals surface area contributed by atoms with Crippen LogP contribution in [0, 0.1) is 0 Å². The summed E-state index contributed by atoms with van der Waals surface area (Å²) in [5.74, 6) is -0.808. The Hall–Kier alpha value is -2.48. The van der Waals surface area contributed by atoms with E-state index in [0.717, 1.165) is 16.3 Å². The summed E-state index contributed by atoms with van der Waals surface area (Å²) in [5, 5.41) is 0.429. The summed E-state index contributed by atoms with van der Waals surface area (Å²) < 4.78 is 29.1. The first-order valence-corrected chi connectivity index (χ1v) is 12.9. The first-order chi connectivity index (χ1) is 15.6. The molecule has 0 spiro atoms. The standard InChI is InChI=1S/C20H28N6O5S2/c1-4-7-26-18(21)17(19(28)24(3)20(26)29)15(27)13-32-16-6-5-14(12-22-16)33(30,31)25-10-8-23(2)9-11-25/h5-6,12H,4,7-11,13,21H2,1-3H3. The maximum Gasteiger partial charge on any atom is 0.332 e. The van der Waals surface area contributed by atoms with Gasteiger partial charge in [-0.1, -0.05) is 18.7 Å². The molecule has 0 bridgehead atoms. The second-order valence-corrected chi connectivity index (χ2v) is 10.7. The number of nitrogen functional groups attached to an aromatic ring is 1. The molecule has 0 aliphatic carbocycles. The zero-order valence-corrected chi connectivity index (χ0v) is 20.5. The Bertz CT molecular complexity index is 1250. The number of nitrogens with two attached hydrogens (primary N) is 1. The number of ketones is 1. The van der Waals surface area contributed by atoms with E-state index >= 15 is 0 Å². The van der Waals surface area contributed by atoms with Gasteiger partial charge in [-0.15, -0.1) is 0 Å². The van der Waals surface area contributed by atoms with Crippen LogP contribution in [-0.4, -0.2) is 76.5 Å². The molecule has 2 aromatic heterocycles. The fourth-order valence-electron chi connectivity index (χ4n) is 3.48. The molecule has 13 heteroatoms. The molecular formula is C20H28N6O5S2. The van der Waals surface area contributed by atoms with Crippen LogP contribution in [0.4, 0.5) is 5.82 Å². The summed E-state index contributed by atoms with van der Waals surface area (Å²) >= 11 is 1.06. The second kappa shape index (κ2) is 10.2. The molecule has 3 rings (SSSR count). The van der Waals surface area contributed by atoms with Crippen molar-refractivity contribution in [3.8, 4) is 0 Å². The topological polar surface area (TPSA) is 141 Å². The third-order valence-corrected chi connectivity index (χ3v) is 8.30. The maximum absolute atomic E-state index is 12.8. The predicted octanol–water partition coefficient (Wildman–Crippen LogP) is -0.155. The fraction of sp³-hybridized carbons (Fsp3) is 0.500. The van der Waals surface area contributed by atoms with E-state index in [-0.39, 0.29) is 28.6 Å². The number of carbonyl (C=O) groups excluding carboxylic acids is 1. The van der Waals surface area contributed by atoms with Crippen molar-refractivity contribution in [1.29, 1.82) is 0 Å². The zero-order chi connectivity index (χ0) is 24.3. The number of anilines is 1. The molecule has 11 nitrogen and oxygen atoms in total. The number of hydrogen-bond acceptors (Lipinski definition) is 9. The number of rotatable bonds is 8. The van der Waals surface area contributed by atoms with Gasteiger partial charge in [0.15, 0.2) is 5.78 Å². The molecular weight excluding hydrogens is 468 g/mol. The van der Waals surface area contributed by atoms with Gasteiger partial charge < -0.3 is 10.6 Å². The molecule has 0 aromatic carbocycles. The Morgan fingerprint density at radius 1 is 1.15 bits per heavy atom. The van der Waals surface area contributed by atoms with Gasteiger partial charge in [0.1, 0.15) is 16.3 Å². The van der Waals surface area contributed by atoms with Gasteiger partial charge in [0.25, 0.3) is 5.56 Å². The molecule has 1 saturated heterocycles. The minimum Gasteiger partial charge on any atom is -0.384 e. The lowest BCUT2D eigenvalue weighted by Crippen LogP contribution is -2.47. The average molecular weight is 497 g/mol. The fourth-order valence-corrected chi connectivity index (χ4v) is 5.56. The van der Waals surface area contributed by atoms with E-state index in [1.807, 2.05) is 14.0 Å². The van der Waals surface area contributed by atoms with Gasteiger partial charge in [-0.25, -0.2) is 18.2 Å². The highest BCUT2D eigenvalue weighted by Crippen LogP contribution is 2.22. The van der Waals surface area contributed by atoms with Crippen LogP contribution in [0.25, 0.3) is 0 Å². The lowest BCUT2D eigenvalue weighted by molar-refractivity contribution is 0.102. The minimum absolute atomic E-state index is 0.0903. The van der Waals surface area contributed by atoms with Crippen LogP contribution >= 0.6 is 11.8 Å². The number of sulfonamides is 1. The van der Waals surface area contributed by atoms with E-state index in [0.29, 0.717) is 37.6 Å². The number of thioether (sulfide) groups is 1. The van der Waals surface area contributed by atoms with Crippen molar-refractivity contribution in [2.24, 2.45) is 7.05 Å². The van der Waals surface area contributed by atoms with E-state index in [1.165, 1.54) is 34.2 Å². The Kier molecular flexibility index (Phi) is 7.77. The van der Waals surface area contributed by atoms with Crippen LogP contribution in [0.15, 0.2) is 37.8 Å². The van der Waals surface area contributed by atoms with Crippen LogP contribution in [0.5, 0.6) is 0 Å². The number of piperazine rings is 1. The highest BCUT2D eigenvalue weighted by atomic mass is 32.2. The monoisotopic (exact) mass is 496 g/mol. The summed E-state index contributed by atoms with van der Waals surface area (Å²) in [6, 6.07) is 2.99. The van der Waals surface area contributed by atoms with Crippen LogP contribution in [0.2, 0.25) is 0 Å². The van der Waals surface area contributed by atoms with Gasteiger partial charge >= 0.3 is 5.69 Å². The molecule has 1 aliphatic heterocycles. The summed E-state index contributed by atoms with van der Waals surface area (Å²) in [7, 11) is -0.380. The number of hydrogen-bond donors (Lipinski definition) is 1. The predicted molar refractivity (Wildman–Crippen MR) is 126 cm³/mol. The molecule has 1 fully saturated rings. The van der Waals surface area contributed by atoms with E-state index < -0.39 is 27.1 Å². The van der Waals surface area contributed by atoms with Crippen molar-refractivity contribution in [2.75, 3.05) is 44.7 Å². The molecule has 180 valence electrons. The molecule has 0 unspecified atom stereocenters. The summed E-state index contributed by atoms with van der Waals surface area (Å²) in [5.41, 5.74) is 4.45. The van der Waals surface area contributed by atoms with Crippen molar-refractivity contribution < 1.29 is 13.2 Å². The van der Waals surface area contributed by atoms with Crippen molar-refractivity contribution >= 4 is 33.4 Å². The summed E-state index contributed by atoms with van der Waals surface area (Å²) in [6.45, 7) is 4.30. The number of pyridine rings is 1. The smallest absolute Gasteiger partial charge is 0.332 e. The summed E-state index contributed by atoms with van der Waals surface area (Å²) in [6.07, 6.45) is 1.88. The molecule has 3 heterocycles.